The summed E-state index contributed by atoms with van der Waals surface area (Å²) in [5.74, 6) is 0.847. The molecule has 1 aromatic heterocycles. The SMILES string of the molecule is c1csc(C(C2CC2)N2CCNCc3ccccc32)c1. The second-order valence-electron chi connectivity index (χ2n) is 5.80. The van der Waals surface area contributed by atoms with Gasteiger partial charge in [0, 0.05) is 30.2 Å². The minimum absolute atomic E-state index is 0.580. The van der Waals surface area contributed by atoms with Crippen molar-refractivity contribution in [2.45, 2.75) is 25.4 Å². The van der Waals surface area contributed by atoms with Crippen molar-refractivity contribution in [2.24, 2.45) is 5.92 Å². The molecule has 0 radical (unpaired) electrons. The summed E-state index contributed by atoms with van der Waals surface area (Å²) in [5, 5.41) is 5.77. The number of rotatable bonds is 3. The molecule has 3 heteroatoms. The Balaban J connectivity index is 1.75. The molecule has 1 fully saturated rings. The molecular weight excluding hydrogens is 264 g/mol. The second kappa shape index (κ2) is 5.23. The van der Waals surface area contributed by atoms with Gasteiger partial charge in [-0.2, -0.15) is 0 Å². The third-order valence-corrected chi connectivity index (χ3v) is 5.33. The predicted octanol–water partition coefficient (Wildman–Crippen LogP) is 3.81. The zero-order valence-electron chi connectivity index (χ0n) is 11.6. The van der Waals surface area contributed by atoms with Crippen LogP contribution in [0.3, 0.4) is 0 Å². The Morgan fingerprint density at radius 2 is 2.05 bits per heavy atom. The van der Waals surface area contributed by atoms with Crippen LogP contribution in [0.4, 0.5) is 5.69 Å². The molecule has 1 aliphatic carbocycles. The molecule has 1 saturated carbocycles. The third kappa shape index (κ3) is 2.25. The van der Waals surface area contributed by atoms with Crippen molar-refractivity contribution in [2.75, 3.05) is 18.0 Å². The van der Waals surface area contributed by atoms with E-state index >= 15 is 0 Å². The van der Waals surface area contributed by atoms with Crippen LogP contribution in [-0.2, 0) is 6.54 Å². The van der Waals surface area contributed by atoms with Crippen LogP contribution in [0.5, 0.6) is 0 Å². The van der Waals surface area contributed by atoms with E-state index in [4.69, 9.17) is 0 Å². The van der Waals surface area contributed by atoms with Gasteiger partial charge in [0.25, 0.3) is 0 Å². The van der Waals surface area contributed by atoms with Gasteiger partial charge in [-0.05, 0) is 41.8 Å². The lowest BCUT2D eigenvalue weighted by molar-refractivity contribution is 0.559. The summed E-state index contributed by atoms with van der Waals surface area (Å²) in [4.78, 5) is 4.18. The summed E-state index contributed by atoms with van der Waals surface area (Å²) in [7, 11) is 0. The lowest BCUT2D eigenvalue weighted by Crippen LogP contribution is -2.33. The number of nitrogens with zero attached hydrogens (tertiary/aromatic N) is 1. The molecule has 2 aliphatic rings. The van der Waals surface area contributed by atoms with E-state index < -0.39 is 0 Å². The molecule has 4 rings (SSSR count). The fraction of sp³-hybridized carbons (Fsp3) is 0.412. The summed E-state index contributed by atoms with van der Waals surface area (Å²) in [6, 6.07) is 14.0. The molecule has 1 N–H and O–H groups in total. The molecule has 0 spiro atoms. The van der Waals surface area contributed by atoms with Crippen LogP contribution in [-0.4, -0.2) is 13.1 Å². The van der Waals surface area contributed by atoms with Gasteiger partial charge in [0.2, 0.25) is 0 Å². The summed E-state index contributed by atoms with van der Waals surface area (Å²) < 4.78 is 0. The minimum atomic E-state index is 0.580. The van der Waals surface area contributed by atoms with Gasteiger partial charge in [-0.1, -0.05) is 24.3 Å². The standard InChI is InChI=1S/C17H20N2S/c1-2-5-15-14(4-1)12-18-9-10-19(15)17(13-7-8-13)16-6-3-11-20-16/h1-6,11,13,17-18H,7-10,12H2. The number of anilines is 1. The van der Waals surface area contributed by atoms with Gasteiger partial charge < -0.3 is 10.2 Å². The average Bonchev–Trinajstić information content (AvgIpc) is 3.21. The van der Waals surface area contributed by atoms with Crippen LogP contribution >= 0.6 is 11.3 Å². The van der Waals surface area contributed by atoms with Crippen molar-refractivity contribution in [3.63, 3.8) is 0 Å². The van der Waals surface area contributed by atoms with Crippen molar-refractivity contribution >= 4 is 17.0 Å². The lowest BCUT2D eigenvalue weighted by atomic mass is 10.1. The highest BCUT2D eigenvalue weighted by Gasteiger charge is 2.37. The number of hydrogen-bond acceptors (Lipinski definition) is 3. The molecule has 1 unspecified atom stereocenters. The summed E-state index contributed by atoms with van der Waals surface area (Å²) in [6.45, 7) is 3.17. The first-order chi connectivity index (χ1) is 9.93. The Morgan fingerprint density at radius 3 is 2.85 bits per heavy atom. The van der Waals surface area contributed by atoms with Gasteiger partial charge in [-0.25, -0.2) is 0 Å². The highest BCUT2D eigenvalue weighted by atomic mass is 32.1. The van der Waals surface area contributed by atoms with Crippen LogP contribution in [0.1, 0.15) is 29.3 Å². The fourth-order valence-corrected chi connectivity index (χ4v) is 4.21. The van der Waals surface area contributed by atoms with Crippen molar-refractivity contribution < 1.29 is 0 Å². The van der Waals surface area contributed by atoms with Gasteiger partial charge >= 0.3 is 0 Å². The monoisotopic (exact) mass is 284 g/mol. The van der Waals surface area contributed by atoms with Gasteiger partial charge in [0.1, 0.15) is 0 Å². The van der Waals surface area contributed by atoms with E-state index in [0.29, 0.717) is 6.04 Å². The van der Waals surface area contributed by atoms with Crippen molar-refractivity contribution in [3.05, 3.63) is 52.2 Å². The van der Waals surface area contributed by atoms with Gasteiger partial charge in [0.15, 0.2) is 0 Å². The zero-order chi connectivity index (χ0) is 13.4. The second-order valence-corrected chi connectivity index (χ2v) is 6.78. The molecular formula is C17H20N2S. The number of para-hydroxylation sites is 1. The molecule has 2 heterocycles. The average molecular weight is 284 g/mol. The number of fused-ring (bicyclic) bond motifs is 1. The third-order valence-electron chi connectivity index (χ3n) is 4.38. The number of thiophene rings is 1. The first kappa shape index (κ1) is 12.4. The Bertz CT molecular complexity index is 574. The molecule has 1 aliphatic heterocycles. The molecule has 2 nitrogen and oxygen atoms in total. The highest BCUT2D eigenvalue weighted by Crippen LogP contribution is 2.47. The van der Waals surface area contributed by atoms with E-state index in [2.05, 4.69) is 52.0 Å². The fourth-order valence-electron chi connectivity index (χ4n) is 3.28. The normalized spacial score (nSPS) is 20.3. The van der Waals surface area contributed by atoms with Crippen LogP contribution in [0.25, 0.3) is 0 Å². The first-order valence-corrected chi connectivity index (χ1v) is 8.40. The van der Waals surface area contributed by atoms with Gasteiger partial charge in [0.05, 0.1) is 6.04 Å². The Hall–Kier alpha value is -1.32. The molecule has 2 aromatic rings. The minimum Gasteiger partial charge on any atom is -0.362 e. The predicted molar refractivity (Wildman–Crippen MR) is 85.3 cm³/mol. The molecule has 0 amide bonds. The van der Waals surface area contributed by atoms with E-state index in [1.807, 2.05) is 11.3 Å². The lowest BCUT2D eigenvalue weighted by Gasteiger charge is -2.33. The van der Waals surface area contributed by atoms with E-state index in [0.717, 1.165) is 25.6 Å². The smallest absolute Gasteiger partial charge is 0.0663 e. The van der Waals surface area contributed by atoms with E-state index in [-0.39, 0.29) is 0 Å². The van der Waals surface area contributed by atoms with E-state index in [1.54, 1.807) is 0 Å². The molecule has 1 aromatic carbocycles. The maximum absolute atomic E-state index is 3.55. The van der Waals surface area contributed by atoms with Crippen molar-refractivity contribution in [1.82, 2.24) is 5.32 Å². The zero-order valence-corrected chi connectivity index (χ0v) is 12.4. The van der Waals surface area contributed by atoms with Crippen LogP contribution in [0, 0.1) is 5.92 Å². The Labute approximate surface area is 124 Å². The summed E-state index contributed by atoms with van der Waals surface area (Å²) >= 11 is 1.91. The van der Waals surface area contributed by atoms with Crippen molar-refractivity contribution in [3.8, 4) is 0 Å². The topological polar surface area (TPSA) is 15.3 Å². The molecule has 0 bridgehead atoms. The first-order valence-electron chi connectivity index (χ1n) is 7.52. The van der Waals surface area contributed by atoms with Gasteiger partial charge in [-0.15, -0.1) is 11.3 Å². The Kier molecular flexibility index (Phi) is 3.25. The quantitative estimate of drug-likeness (QED) is 0.922. The number of hydrogen-bond donors (Lipinski definition) is 1. The molecule has 20 heavy (non-hydrogen) atoms. The van der Waals surface area contributed by atoms with Crippen LogP contribution < -0.4 is 10.2 Å². The summed E-state index contributed by atoms with van der Waals surface area (Å²) in [5.41, 5.74) is 2.87. The maximum atomic E-state index is 3.55. The number of benzene rings is 1. The molecule has 0 saturated heterocycles. The van der Waals surface area contributed by atoms with E-state index in [9.17, 15) is 0 Å². The number of nitrogens with one attached hydrogen (secondary N) is 1. The van der Waals surface area contributed by atoms with Crippen molar-refractivity contribution in [1.29, 1.82) is 0 Å². The highest BCUT2D eigenvalue weighted by molar-refractivity contribution is 7.10. The Morgan fingerprint density at radius 1 is 1.15 bits per heavy atom. The molecule has 104 valence electrons. The van der Waals surface area contributed by atoms with Crippen LogP contribution in [0.15, 0.2) is 41.8 Å². The van der Waals surface area contributed by atoms with Gasteiger partial charge in [-0.3, -0.25) is 0 Å². The van der Waals surface area contributed by atoms with E-state index in [1.165, 1.54) is 29.0 Å². The summed E-state index contributed by atoms with van der Waals surface area (Å²) in [6.07, 6.45) is 2.77. The molecule has 1 atom stereocenters. The van der Waals surface area contributed by atoms with Crippen LogP contribution in [0.2, 0.25) is 0 Å². The maximum Gasteiger partial charge on any atom is 0.0663 e. The largest absolute Gasteiger partial charge is 0.362 e.